The molecule has 0 radical (unpaired) electrons. The van der Waals surface area contributed by atoms with Gasteiger partial charge in [0.15, 0.2) is 0 Å². The van der Waals surface area contributed by atoms with Gasteiger partial charge in [-0.25, -0.2) is 0 Å². The van der Waals surface area contributed by atoms with E-state index in [4.69, 9.17) is 5.73 Å². The molecule has 0 fully saturated rings. The van der Waals surface area contributed by atoms with E-state index in [0.29, 0.717) is 0 Å². The number of nitrogens with zero attached hydrogens (tertiary/aromatic N) is 1. The maximum atomic E-state index is 5.59. The Labute approximate surface area is 82.3 Å². The van der Waals surface area contributed by atoms with Crippen molar-refractivity contribution in [1.29, 1.82) is 0 Å². The molecule has 1 atom stereocenters. The lowest BCUT2D eigenvalue weighted by Gasteiger charge is -2.02. The molecule has 68 valence electrons. The maximum absolute atomic E-state index is 5.59. The van der Waals surface area contributed by atoms with Crippen molar-refractivity contribution in [3.63, 3.8) is 0 Å². The molecular formula is C9H15BrN2. The maximum Gasteiger partial charge on any atom is 0.0569 e. The average Bonchev–Trinajstić information content (AvgIpc) is 2.09. The van der Waals surface area contributed by atoms with E-state index in [1.54, 1.807) is 6.20 Å². The molecule has 3 heteroatoms. The lowest BCUT2D eigenvalue weighted by Crippen LogP contribution is -2.06. The first-order chi connectivity index (χ1) is 5.70. The van der Waals surface area contributed by atoms with Crippen molar-refractivity contribution in [2.24, 2.45) is 5.73 Å². The van der Waals surface area contributed by atoms with E-state index in [0.717, 1.165) is 10.2 Å². The van der Waals surface area contributed by atoms with Gasteiger partial charge in [-0.1, -0.05) is 13.8 Å². The molecule has 0 saturated heterocycles. The number of aromatic nitrogens is 1. The van der Waals surface area contributed by atoms with E-state index < -0.39 is 0 Å². The summed E-state index contributed by atoms with van der Waals surface area (Å²) in [6, 6.07) is 3.87. The van der Waals surface area contributed by atoms with Crippen LogP contribution in [0, 0.1) is 0 Å². The highest BCUT2D eigenvalue weighted by Crippen LogP contribution is 2.10. The molecule has 1 heterocycles. The normalized spacial score (nSPS) is 11.4. The number of rotatable bonds is 1. The van der Waals surface area contributed by atoms with E-state index in [9.17, 15) is 0 Å². The number of nitrogens with two attached hydrogens (primary N) is 1. The molecule has 0 aliphatic rings. The summed E-state index contributed by atoms with van der Waals surface area (Å²) in [5, 5.41) is 0. The number of hydrogen-bond donors (Lipinski definition) is 1. The summed E-state index contributed by atoms with van der Waals surface area (Å²) >= 11 is 3.29. The molecule has 0 saturated carbocycles. The lowest BCUT2D eigenvalue weighted by molar-refractivity contribution is 0.780. The lowest BCUT2D eigenvalue weighted by atomic mass is 10.2. The van der Waals surface area contributed by atoms with Crippen LogP contribution in [0.3, 0.4) is 0 Å². The Morgan fingerprint density at radius 3 is 2.33 bits per heavy atom. The number of hydrogen-bond acceptors (Lipinski definition) is 2. The zero-order chi connectivity index (χ0) is 9.56. The van der Waals surface area contributed by atoms with Crippen molar-refractivity contribution in [2.75, 3.05) is 0 Å². The predicted octanol–water partition coefficient (Wildman–Crippen LogP) is 2.89. The summed E-state index contributed by atoms with van der Waals surface area (Å²) in [5.41, 5.74) is 6.51. The monoisotopic (exact) mass is 230 g/mol. The van der Waals surface area contributed by atoms with Gasteiger partial charge in [0, 0.05) is 16.7 Å². The van der Waals surface area contributed by atoms with Crippen molar-refractivity contribution in [3.05, 3.63) is 28.5 Å². The summed E-state index contributed by atoms with van der Waals surface area (Å²) in [4.78, 5) is 4.11. The molecule has 0 spiro atoms. The summed E-state index contributed by atoms with van der Waals surface area (Å²) in [6.07, 6.45) is 1.75. The molecule has 0 aliphatic carbocycles. The first-order valence-electron chi connectivity index (χ1n) is 4.07. The van der Waals surface area contributed by atoms with Gasteiger partial charge in [0.25, 0.3) is 0 Å². The fraction of sp³-hybridized carbons (Fsp3) is 0.444. The van der Waals surface area contributed by atoms with Gasteiger partial charge < -0.3 is 5.73 Å². The minimum Gasteiger partial charge on any atom is -0.323 e. The van der Waals surface area contributed by atoms with Crippen molar-refractivity contribution in [3.8, 4) is 0 Å². The third kappa shape index (κ3) is 3.83. The highest BCUT2D eigenvalue weighted by Gasteiger charge is 1.97. The molecule has 1 rings (SSSR count). The van der Waals surface area contributed by atoms with Gasteiger partial charge in [0.1, 0.15) is 0 Å². The molecule has 1 unspecified atom stereocenters. The van der Waals surface area contributed by atoms with Crippen LogP contribution < -0.4 is 5.73 Å². The molecule has 0 amide bonds. The molecule has 2 nitrogen and oxygen atoms in total. The van der Waals surface area contributed by atoms with Crippen LogP contribution in [-0.2, 0) is 0 Å². The summed E-state index contributed by atoms with van der Waals surface area (Å²) in [7, 11) is 0. The van der Waals surface area contributed by atoms with Crippen LogP contribution in [0.25, 0.3) is 0 Å². The quantitative estimate of drug-likeness (QED) is 0.807. The fourth-order valence-corrected chi connectivity index (χ4v) is 0.891. The Morgan fingerprint density at radius 2 is 2.00 bits per heavy atom. The predicted molar refractivity (Wildman–Crippen MR) is 55.9 cm³/mol. The van der Waals surface area contributed by atoms with Crippen LogP contribution in [-0.4, -0.2) is 4.98 Å². The second-order valence-electron chi connectivity index (χ2n) is 2.19. The van der Waals surface area contributed by atoms with E-state index in [2.05, 4.69) is 20.9 Å². The first-order valence-corrected chi connectivity index (χ1v) is 4.86. The van der Waals surface area contributed by atoms with Crippen molar-refractivity contribution in [1.82, 2.24) is 4.98 Å². The van der Waals surface area contributed by atoms with Crippen LogP contribution in [0.15, 0.2) is 22.8 Å². The topological polar surface area (TPSA) is 38.9 Å². The Kier molecular flexibility index (Phi) is 5.93. The van der Waals surface area contributed by atoms with Gasteiger partial charge in [-0.3, -0.25) is 4.98 Å². The standard InChI is InChI=1S/C7H9BrN2.C2H6/c1-5(9)7-3-2-6(8)4-10-7;1-2/h2-5H,9H2,1H3;1-2H3. The van der Waals surface area contributed by atoms with Gasteiger partial charge >= 0.3 is 0 Å². The van der Waals surface area contributed by atoms with Crippen molar-refractivity contribution in [2.45, 2.75) is 26.8 Å². The van der Waals surface area contributed by atoms with E-state index in [-0.39, 0.29) is 6.04 Å². The van der Waals surface area contributed by atoms with Gasteiger partial charge in [-0.2, -0.15) is 0 Å². The van der Waals surface area contributed by atoms with Crippen LogP contribution >= 0.6 is 15.9 Å². The minimum absolute atomic E-state index is 0.0214. The number of halogens is 1. The molecule has 2 N–H and O–H groups in total. The van der Waals surface area contributed by atoms with Crippen molar-refractivity contribution < 1.29 is 0 Å². The van der Waals surface area contributed by atoms with Crippen LogP contribution in [0.5, 0.6) is 0 Å². The zero-order valence-electron chi connectivity index (χ0n) is 7.71. The van der Waals surface area contributed by atoms with Crippen LogP contribution in [0.1, 0.15) is 32.5 Å². The number of pyridine rings is 1. The third-order valence-corrected chi connectivity index (χ3v) is 1.69. The summed E-state index contributed by atoms with van der Waals surface area (Å²) in [6.45, 7) is 5.91. The van der Waals surface area contributed by atoms with E-state index >= 15 is 0 Å². The molecule has 1 aromatic rings. The fourth-order valence-electron chi connectivity index (χ4n) is 0.657. The Morgan fingerprint density at radius 1 is 1.42 bits per heavy atom. The Balaban J connectivity index is 0.000000561. The zero-order valence-corrected chi connectivity index (χ0v) is 9.30. The summed E-state index contributed by atoms with van der Waals surface area (Å²) < 4.78 is 0.983. The highest BCUT2D eigenvalue weighted by molar-refractivity contribution is 9.10. The Hall–Kier alpha value is -0.410. The average molecular weight is 231 g/mol. The highest BCUT2D eigenvalue weighted by atomic mass is 79.9. The molecule has 0 bridgehead atoms. The first kappa shape index (κ1) is 11.6. The minimum atomic E-state index is 0.0214. The molecule has 12 heavy (non-hydrogen) atoms. The smallest absolute Gasteiger partial charge is 0.0569 e. The largest absolute Gasteiger partial charge is 0.323 e. The Bertz CT molecular complexity index is 206. The van der Waals surface area contributed by atoms with E-state index in [1.807, 2.05) is 32.9 Å². The second kappa shape index (κ2) is 6.14. The second-order valence-corrected chi connectivity index (χ2v) is 3.11. The van der Waals surface area contributed by atoms with Gasteiger partial charge in [0.05, 0.1) is 5.69 Å². The van der Waals surface area contributed by atoms with Crippen molar-refractivity contribution >= 4 is 15.9 Å². The van der Waals surface area contributed by atoms with Crippen LogP contribution in [0.4, 0.5) is 0 Å². The van der Waals surface area contributed by atoms with Gasteiger partial charge in [-0.05, 0) is 35.0 Å². The van der Waals surface area contributed by atoms with E-state index in [1.165, 1.54) is 0 Å². The summed E-state index contributed by atoms with van der Waals surface area (Å²) in [5.74, 6) is 0. The molecule has 0 aromatic carbocycles. The van der Waals surface area contributed by atoms with Crippen LogP contribution in [0.2, 0.25) is 0 Å². The molecular weight excluding hydrogens is 216 g/mol. The van der Waals surface area contributed by atoms with Gasteiger partial charge in [0.2, 0.25) is 0 Å². The van der Waals surface area contributed by atoms with Gasteiger partial charge in [-0.15, -0.1) is 0 Å². The SMILES string of the molecule is CC.CC(N)c1ccc(Br)cn1. The molecule has 1 aromatic heterocycles. The third-order valence-electron chi connectivity index (χ3n) is 1.22. The molecule has 0 aliphatic heterocycles.